The predicted octanol–water partition coefficient (Wildman–Crippen LogP) is 3.78. The summed E-state index contributed by atoms with van der Waals surface area (Å²) in [5.74, 6) is 2.50. The molecule has 0 radical (unpaired) electrons. The highest BCUT2D eigenvalue weighted by molar-refractivity contribution is 9.10. The fourth-order valence-electron chi connectivity index (χ4n) is 2.36. The minimum atomic E-state index is 0.754. The summed E-state index contributed by atoms with van der Waals surface area (Å²) in [7, 11) is 0. The monoisotopic (exact) mass is 331 g/mol. The number of ether oxygens (including phenoxy) is 1. The van der Waals surface area contributed by atoms with E-state index in [9.17, 15) is 0 Å². The average molecular weight is 333 g/mol. The van der Waals surface area contributed by atoms with Gasteiger partial charge in [-0.3, -0.25) is 4.90 Å². The van der Waals surface area contributed by atoms with Crippen molar-refractivity contribution in [2.45, 2.75) is 12.8 Å². The molecule has 100 valence electrons. The van der Waals surface area contributed by atoms with Crippen molar-refractivity contribution >= 4 is 27.5 Å². The molecule has 1 aromatic rings. The van der Waals surface area contributed by atoms with Gasteiger partial charge in [-0.2, -0.15) is 0 Å². The molecule has 1 aliphatic heterocycles. The smallest absolute Gasteiger partial charge is 0.120 e. The Morgan fingerprint density at radius 1 is 1.44 bits per heavy atom. The molecule has 1 fully saturated rings. The van der Waals surface area contributed by atoms with E-state index >= 15 is 0 Å². The molecule has 18 heavy (non-hydrogen) atoms. The molecule has 2 nitrogen and oxygen atoms in total. The summed E-state index contributed by atoms with van der Waals surface area (Å²) in [6.07, 6.45) is 2.42. The summed E-state index contributed by atoms with van der Waals surface area (Å²) in [5, 5.41) is 0. The maximum atomic E-state index is 5.78. The maximum absolute atomic E-state index is 5.78. The highest BCUT2D eigenvalue weighted by atomic mass is 79.9. The Labute approximate surface area is 122 Å². The molecule has 1 atom stereocenters. The lowest BCUT2D eigenvalue weighted by Gasteiger charge is -2.16. The second kappa shape index (κ2) is 7.37. The first-order valence-corrected chi connectivity index (χ1v) is 7.77. The number of alkyl halides is 1. The van der Waals surface area contributed by atoms with Crippen molar-refractivity contribution in [1.82, 2.24) is 4.90 Å². The standard InChI is InChI=1S/C14H19BrClNO/c15-13-2-1-3-14(10-13)18-9-8-17-7-5-12(11-17)4-6-16/h1-3,10,12H,4-9,11H2. The van der Waals surface area contributed by atoms with Gasteiger partial charge in [-0.05, 0) is 43.5 Å². The molecule has 1 aromatic carbocycles. The Morgan fingerprint density at radius 2 is 2.33 bits per heavy atom. The molecule has 4 heteroatoms. The molecule has 1 unspecified atom stereocenters. The number of benzene rings is 1. The normalized spacial score (nSPS) is 20.2. The molecule has 0 spiro atoms. The third-order valence-electron chi connectivity index (χ3n) is 3.36. The SMILES string of the molecule is ClCCC1CCN(CCOc2cccc(Br)c2)C1. The van der Waals surface area contributed by atoms with Crippen LogP contribution in [0, 0.1) is 5.92 Å². The van der Waals surface area contributed by atoms with E-state index in [1.54, 1.807) is 0 Å². The lowest BCUT2D eigenvalue weighted by Crippen LogP contribution is -2.26. The first-order chi connectivity index (χ1) is 8.78. The second-order valence-corrected chi connectivity index (χ2v) is 6.03. The Morgan fingerprint density at radius 3 is 3.11 bits per heavy atom. The van der Waals surface area contributed by atoms with Crippen LogP contribution in [0.25, 0.3) is 0 Å². The molecular formula is C14H19BrClNO. The molecule has 0 aliphatic carbocycles. The summed E-state index contributed by atoms with van der Waals surface area (Å²) in [6.45, 7) is 4.12. The van der Waals surface area contributed by atoms with Crippen molar-refractivity contribution in [2.75, 3.05) is 32.1 Å². The topological polar surface area (TPSA) is 12.5 Å². The summed E-state index contributed by atoms with van der Waals surface area (Å²) >= 11 is 9.22. The average Bonchev–Trinajstić information content (AvgIpc) is 2.78. The molecule has 0 aromatic heterocycles. The van der Waals surface area contributed by atoms with Gasteiger partial charge in [0.05, 0.1) is 0 Å². The first-order valence-electron chi connectivity index (χ1n) is 6.44. The van der Waals surface area contributed by atoms with Gasteiger partial charge in [0.1, 0.15) is 12.4 Å². The van der Waals surface area contributed by atoms with Crippen molar-refractivity contribution < 1.29 is 4.74 Å². The van der Waals surface area contributed by atoms with E-state index in [4.69, 9.17) is 16.3 Å². The fraction of sp³-hybridized carbons (Fsp3) is 0.571. The van der Waals surface area contributed by atoms with E-state index in [2.05, 4.69) is 20.8 Å². The van der Waals surface area contributed by atoms with Crippen LogP contribution in [0.4, 0.5) is 0 Å². The van der Waals surface area contributed by atoms with E-state index in [0.717, 1.165) is 41.6 Å². The largest absolute Gasteiger partial charge is 0.492 e. The summed E-state index contributed by atoms with van der Waals surface area (Å²) in [6, 6.07) is 7.99. The van der Waals surface area contributed by atoms with Gasteiger partial charge in [0.2, 0.25) is 0 Å². The number of hydrogen-bond acceptors (Lipinski definition) is 2. The van der Waals surface area contributed by atoms with Crippen LogP contribution in [-0.2, 0) is 0 Å². The minimum absolute atomic E-state index is 0.754. The lowest BCUT2D eigenvalue weighted by molar-refractivity contribution is 0.232. The predicted molar refractivity (Wildman–Crippen MR) is 79.5 cm³/mol. The van der Waals surface area contributed by atoms with Gasteiger partial charge < -0.3 is 4.74 Å². The lowest BCUT2D eigenvalue weighted by atomic mass is 10.1. The zero-order valence-corrected chi connectivity index (χ0v) is 12.8. The molecule has 1 aliphatic rings. The van der Waals surface area contributed by atoms with E-state index in [0.29, 0.717) is 0 Å². The Kier molecular flexibility index (Phi) is 5.80. The van der Waals surface area contributed by atoms with Gasteiger partial charge in [0, 0.05) is 23.4 Å². The van der Waals surface area contributed by atoms with Crippen LogP contribution in [0.5, 0.6) is 5.75 Å². The van der Waals surface area contributed by atoms with Crippen LogP contribution < -0.4 is 4.74 Å². The fourth-order valence-corrected chi connectivity index (χ4v) is 3.04. The third-order valence-corrected chi connectivity index (χ3v) is 4.07. The van der Waals surface area contributed by atoms with Crippen LogP contribution in [0.15, 0.2) is 28.7 Å². The Balaban J connectivity index is 1.67. The van der Waals surface area contributed by atoms with Crippen LogP contribution >= 0.6 is 27.5 Å². The van der Waals surface area contributed by atoms with Gasteiger partial charge in [0.15, 0.2) is 0 Å². The highest BCUT2D eigenvalue weighted by Gasteiger charge is 2.21. The second-order valence-electron chi connectivity index (χ2n) is 4.74. The summed E-state index contributed by atoms with van der Waals surface area (Å²) in [4.78, 5) is 2.47. The zero-order chi connectivity index (χ0) is 12.8. The number of nitrogens with zero attached hydrogens (tertiary/aromatic N) is 1. The van der Waals surface area contributed by atoms with Crippen molar-refractivity contribution in [3.63, 3.8) is 0 Å². The number of likely N-dealkylation sites (tertiary alicyclic amines) is 1. The minimum Gasteiger partial charge on any atom is -0.492 e. The first kappa shape index (κ1) is 14.2. The van der Waals surface area contributed by atoms with E-state index in [-0.39, 0.29) is 0 Å². The highest BCUT2D eigenvalue weighted by Crippen LogP contribution is 2.20. The quantitative estimate of drug-likeness (QED) is 0.735. The molecule has 0 saturated carbocycles. The van der Waals surface area contributed by atoms with Crippen LogP contribution in [0.2, 0.25) is 0 Å². The van der Waals surface area contributed by atoms with Gasteiger partial charge in [-0.25, -0.2) is 0 Å². The Bertz CT molecular complexity index is 375. The Hall–Kier alpha value is -0.250. The molecule has 0 N–H and O–H groups in total. The molecule has 0 amide bonds. The summed E-state index contributed by atoms with van der Waals surface area (Å²) in [5.41, 5.74) is 0. The van der Waals surface area contributed by atoms with E-state index < -0.39 is 0 Å². The summed E-state index contributed by atoms with van der Waals surface area (Å²) < 4.78 is 6.80. The van der Waals surface area contributed by atoms with E-state index in [1.165, 1.54) is 19.5 Å². The van der Waals surface area contributed by atoms with Crippen molar-refractivity contribution in [2.24, 2.45) is 5.92 Å². The number of halogens is 2. The molecule has 1 saturated heterocycles. The molecule has 2 rings (SSSR count). The van der Waals surface area contributed by atoms with Gasteiger partial charge in [-0.1, -0.05) is 22.0 Å². The van der Waals surface area contributed by atoms with Crippen molar-refractivity contribution in [3.05, 3.63) is 28.7 Å². The maximum Gasteiger partial charge on any atom is 0.120 e. The molecule has 1 heterocycles. The van der Waals surface area contributed by atoms with Gasteiger partial charge in [-0.15, -0.1) is 11.6 Å². The zero-order valence-electron chi connectivity index (χ0n) is 10.4. The number of rotatable bonds is 6. The van der Waals surface area contributed by atoms with Crippen molar-refractivity contribution in [3.8, 4) is 5.75 Å². The van der Waals surface area contributed by atoms with Crippen molar-refractivity contribution in [1.29, 1.82) is 0 Å². The third kappa shape index (κ3) is 4.45. The van der Waals surface area contributed by atoms with Crippen LogP contribution in [0.1, 0.15) is 12.8 Å². The molecule has 0 bridgehead atoms. The van der Waals surface area contributed by atoms with Crippen LogP contribution in [-0.4, -0.2) is 37.0 Å². The van der Waals surface area contributed by atoms with E-state index in [1.807, 2.05) is 24.3 Å². The number of hydrogen-bond donors (Lipinski definition) is 0. The molecular weight excluding hydrogens is 314 g/mol. The van der Waals surface area contributed by atoms with Crippen LogP contribution in [0.3, 0.4) is 0 Å². The van der Waals surface area contributed by atoms with Gasteiger partial charge >= 0.3 is 0 Å². The van der Waals surface area contributed by atoms with Gasteiger partial charge in [0.25, 0.3) is 0 Å².